The maximum absolute atomic E-state index is 11.7. The zero-order valence-corrected chi connectivity index (χ0v) is 17.0. The molecule has 0 saturated heterocycles. The van der Waals surface area contributed by atoms with Crippen LogP contribution in [-0.2, 0) is 17.8 Å². The van der Waals surface area contributed by atoms with Crippen LogP contribution in [0, 0.1) is 10.5 Å². The molecule has 0 fully saturated rings. The van der Waals surface area contributed by atoms with E-state index in [2.05, 4.69) is 41.8 Å². The van der Waals surface area contributed by atoms with Gasteiger partial charge in [0.05, 0.1) is 5.02 Å². The van der Waals surface area contributed by atoms with Gasteiger partial charge in [-0.25, -0.2) is 0 Å². The number of benzene rings is 2. The first-order valence-electron chi connectivity index (χ1n) is 7.95. The third-order valence-electron chi connectivity index (χ3n) is 3.86. The predicted molar refractivity (Wildman–Crippen MR) is 108 cm³/mol. The summed E-state index contributed by atoms with van der Waals surface area (Å²) in [6.07, 6.45) is 1.38. The first-order valence-corrected chi connectivity index (χ1v) is 9.41. The fourth-order valence-electron chi connectivity index (χ4n) is 2.40. The highest BCUT2D eigenvalue weighted by atomic mass is 127. The number of aryl methyl sites for hydroxylation is 2. The van der Waals surface area contributed by atoms with Gasteiger partial charge in [0.1, 0.15) is 12.4 Å². The number of amides is 1. The molecule has 1 amide bonds. The lowest BCUT2D eigenvalue weighted by Crippen LogP contribution is -2.13. The Kier molecular flexibility index (Phi) is 6.92. The number of carbonyl (C=O) groups is 1. The first-order chi connectivity index (χ1) is 11.5. The number of nitrogens with one attached hydrogen (secondary N) is 1. The van der Waals surface area contributed by atoms with E-state index in [0.717, 1.165) is 21.2 Å². The molecule has 0 bridgehead atoms. The Bertz CT molecular complexity index is 746. The Morgan fingerprint density at radius 1 is 1.29 bits per heavy atom. The van der Waals surface area contributed by atoms with Crippen LogP contribution >= 0.6 is 34.2 Å². The molecule has 0 heterocycles. The van der Waals surface area contributed by atoms with Crippen LogP contribution in [0.3, 0.4) is 0 Å². The van der Waals surface area contributed by atoms with E-state index in [0.29, 0.717) is 23.8 Å². The molecule has 0 aromatic heterocycles. The minimum Gasteiger partial charge on any atom is -0.487 e. The topological polar surface area (TPSA) is 38.3 Å². The van der Waals surface area contributed by atoms with Crippen molar-refractivity contribution in [2.24, 2.45) is 0 Å². The highest BCUT2D eigenvalue weighted by Crippen LogP contribution is 2.31. The van der Waals surface area contributed by atoms with E-state index in [1.807, 2.05) is 37.3 Å². The van der Waals surface area contributed by atoms with Crippen LogP contribution in [0.5, 0.6) is 5.75 Å². The summed E-state index contributed by atoms with van der Waals surface area (Å²) in [5.74, 6) is 0.651. The molecule has 0 aliphatic rings. The molecule has 1 N–H and O–H groups in total. The number of halogens is 2. The summed E-state index contributed by atoms with van der Waals surface area (Å²) in [6, 6.07) is 9.74. The summed E-state index contributed by atoms with van der Waals surface area (Å²) in [4.78, 5) is 11.7. The monoisotopic (exact) mass is 457 g/mol. The van der Waals surface area contributed by atoms with Crippen LogP contribution in [0.4, 0.5) is 5.69 Å². The standard InChI is InChI=1S/C19H21ClINO2/c1-4-13-10-15(20)18(9-12(13)3)24-11-14-16(21)7-6-8-17(14)22-19(23)5-2/h6-10H,4-5,11H2,1-3H3,(H,22,23). The Hall–Kier alpha value is -1.27. The van der Waals surface area contributed by atoms with Gasteiger partial charge in [-0.3, -0.25) is 4.79 Å². The summed E-state index contributed by atoms with van der Waals surface area (Å²) in [5, 5.41) is 3.54. The minimum absolute atomic E-state index is 0.0144. The van der Waals surface area contributed by atoms with Crippen molar-refractivity contribution in [2.75, 3.05) is 5.32 Å². The van der Waals surface area contributed by atoms with Crippen molar-refractivity contribution < 1.29 is 9.53 Å². The second-order valence-corrected chi connectivity index (χ2v) is 7.09. The van der Waals surface area contributed by atoms with E-state index in [4.69, 9.17) is 16.3 Å². The number of ether oxygens (including phenoxy) is 1. The Morgan fingerprint density at radius 3 is 2.71 bits per heavy atom. The lowest BCUT2D eigenvalue weighted by molar-refractivity contribution is -0.115. The van der Waals surface area contributed by atoms with Gasteiger partial charge in [-0.05, 0) is 71.3 Å². The highest BCUT2D eigenvalue weighted by Gasteiger charge is 2.12. The van der Waals surface area contributed by atoms with E-state index in [-0.39, 0.29) is 5.91 Å². The summed E-state index contributed by atoms with van der Waals surface area (Å²) in [7, 11) is 0. The normalized spacial score (nSPS) is 10.5. The van der Waals surface area contributed by atoms with Gasteiger partial charge in [0.15, 0.2) is 0 Å². The quantitative estimate of drug-likeness (QED) is 0.562. The van der Waals surface area contributed by atoms with Crippen LogP contribution in [-0.4, -0.2) is 5.91 Å². The van der Waals surface area contributed by atoms with Crippen LogP contribution < -0.4 is 10.1 Å². The third-order valence-corrected chi connectivity index (χ3v) is 5.16. The first kappa shape index (κ1) is 19.1. The van der Waals surface area contributed by atoms with Crippen LogP contribution in [0.15, 0.2) is 30.3 Å². The van der Waals surface area contributed by atoms with Gasteiger partial charge in [-0.1, -0.05) is 31.5 Å². The second-order valence-electron chi connectivity index (χ2n) is 5.52. The van der Waals surface area contributed by atoms with E-state index in [1.54, 1.807) is 0 Å². The van der Waals surface area contributed by atoms with Gasteiger partial charge in [0.25, 0.3) is 0 Å². The summed E-state index contributed by atoms with van der Waals surface area (Å²) >= 11 is 8.59. The minimum atomic E-state index is -0.0144. The smallest absolute Gasteiger partial charge is 0.224 e. The average molecular weight is 458 g/mol. The largest absolute Gasteiger partial charge is 0.487 e. The molecule has 0 aliphatic carbocycles. The molecule has 0 aliphatic heterocycles. The summed E-state index contributed by atoms with van der Waals surface area (Å²) in [5.41, 5.74) is 4.12. The van der Waals surface area contributed by atoms with Gasteiger partial charge in [0.2, 0.25) is 5.91 Å². The molecular weight excluding hydrogens is 437 g/mol. The molecule has 5 heteroatoms. The van der Waals surface area contributed by atoms with Gasteiger partial charge >= 0.3 is 0 Å². The van der Waals surface area contributed by atoms with E-state index >= 15 is 0 Å². The van der Waals surface area contributed by atoms with E-state index < -0.39 is 0 Å². The Morgan fingerprint density at radius 2 is 2.04 bits per heavy atom. The van der Waals surface area contributed by atoms with Crippen molar-refractivity contribution in [2.45, 2.75) is 40.2 Å². The lowest BCUT2D eigenvalue weighted by Gasteiger charge is -2.15. The molecule has 2 rings (SSSR count). The molecule has 0 radical (unpaired) electrons. The molecule has 2 aromatic rings. The Balaban J connectivity index is 2.23. The lowest BCUT2D eigenvalue weighted by atomic mass is 10.1. The molecule has 24 heavy (non-hydrogen) atoms. The molecule has 0 unspecified atom stereocenters. The maximum Gasteiger partial charge on any atom is 0.224 e. The second kappa shape index (κ2) is 8.72. The third kappa shape index (κ3) is 4.63. The fourth-order valence-corrected chi connectivity index (χ4v) is 3.29. The van der Waals surface area contributed by atoms with Gasteiger partial charge in [-0.2, -0.15) is 0 Å². The zero-order valence-electron chi connectivity index (χ0n) is 14.1. The zero-order chi connectivity index (χ0) is 17.7. The molecule has 2 aromatic carbocycles. The van der Waals surface area contributed by atoms with E-state index in [1.165, 1.54) is 11.1 Å². The fraction of sp³-hybridized carbons (Fsp3) is 0.316. The molecule has 0 saturated carbocycles. The van der Waals surface area contributed by atoms with Crippen LogP contribution in [0.1, 0.15) is 37.0 Å². The van der Waals surface area contributed by atoms with Crippen molar-refractivity contribution in [3.05, 3.63) is 55.6 Å². The van der Waals surface area contributed by atoms with Gasteiger partial charge in [-0.15, -0.1) is 0 Å². The van der Waals surface area contributed by atoms with Crippen molar-refractivity contribution in [1.29, 1.82) is 0 Å². The van der Waals surface area contributed by atoms with Crippen LogP contribution in [0.25, 0.3) is 0 Å². The molecule has 3 nitrogen and oxygen atoms in total. The van der Waals surface area contributed by atoms with Crippen molar-refractivity contribution >= 4 is 45.8 Å². The molecule has 128 valence electrons. The Labute approximate surface area is 161 Å². The number of hydrogen-bond donors (Lipinski definition) is 1. The number of hydrogen-bond acceptors (Lipinski definition) is 2. The summed E-state index contributed by atoms with van der Waals surface area (Å²) in [6.45, 7) is 6.34. The van der Waals surface area contributed by atoms with Crippen molar-refractivity contribution in [3.63, 3.8) is 0 Å². The number of anilines is 1. The molecule has 0 atom stereocenters. The van der Waals surface area contributed by atoms with Gasteiger partial charge in [0, 0.05) is 21.2 Å². The van der Waals surface area contributed by atoms with Crippen molar-refractivity contribution in [1.82, 2.24) is 0 Å². The van der Waals surface area contributed by atoms with Crippen molar-refractivity contribution in [3.8, 4) is 5.75 Å². The predicted octanol–water partition coefficient (Wildman–Crippen LogP) is 5.74. The number of rotatable bonds is 6. The average Bonchev–Trinajstić information content (AvgIpc) is 2.56. The maximum atomic E-state index is 11.7. The number of carbonyl (C=O) groups excluding carboxylic acids is 1. The van der Waals surface area contributed by atoms with Crippen LogP contribution in [0.2, 0.25) is 5.02 Å². The molecular formula is C19H21ClINO2. The van der Waals surface area contributed by atoms with Gasteiger partial charge < -0.3 is 10.1 Å². The molecule has 0 spiro atoms. The summed E-state index contributed by atoms with van der Waals surface area (Å²) < 4.78 is 6.99. The van der Waals surface area contributed by atoms with E-state index in [9.17, 15) is 4.79 Å². The highest BCUT2D eigenvalue weighted by molar-refractivity contribution is 14.1. The SMILES string of the molecule is CCC(=O)Nc1cccc(I)c1COc1cc(C)c(CC)cc1Cl.